The molecule has 0 saturated heterocycles. The molecule has 1 aliphatic heterocycles. The van der Waals surface area contributed by atoms with Gasteiger partial charge in [0.15, 0.2) is 0 Å². The second-order valence-corrected chi connectivity index (χ2v) is 10.6. The monoisotopic (exact) mass is 529 g/mol. The van der Waals surface area contributed by atoms with Crippen molar-refractivity contribution in [1.82, 2.24) is 0 Å². The summed E-state index contributed by atoms with van der Waals surface area (Å²) in [6, 6.07) is 20.0. The van der Waals surface area contributed by atoms with Crippen LogP contribution < -0.4 is 0 Å². The Labute approximate surface area is 205 Å². The smallest absolute Gasteiger partial charge is 0.279 e. The van der Waals surface area contributed by atoms with Gasteiger partial charge in [-0.05, 0) is 42.2 Å². The van der Waals surface area contributed by atoms with Gasteiger partial charge in [0.05, 0.1) is 22.7 Å². The summed E-state index contributed by atoms with van der Waals surface area (Å²) in [7, 11) is -4.84. The van der Waals surface area contributed by atoms with E-state index in [4.69, 9.17) is 11.6 Å². The number of sulfone groups is 1. The maximum atomic E-state index is 14.1. The molecule has 0 bridgehead atoms. The Hall–Kier alpha value is -2.78. The number of halogens is 6. The minimum atomic E-state index is -5.09. The Morgan fingerprint density at radius 1 is 0.886 bits per heavy atom. The number of benzene rings is 3. The van der Waals surface area contributed by atoms with E-state index < -0.39 is 32.4 Å². The molecule has 0 N–H and O–H groups in total. The highest BCUT2D eigenvalue weighted by atomic mass is 35.5. The second-order valence-electron chi connectivity index (χ2n) is 8.04. The number of nitrogens with zero attached hydrogens (tertiary/aromatic N) is 1. The van der Waals surface area contributed by atoms with Crippen molar-refractivity contribution >= 4 is 27.1 Å². The fraction of sp³-hybridized carbons (Fsp3) is 0.240. The van der Waals surface area contributed by atoms with Crippen LogP contribution in [0.2, 0.25) is 0 Å². The molecule has 2 atom stereocenters. The van der Waals surface area contributed by atoms with Crippen LogP contribution in [0.25, 0.3) is 11.1 Å². The standard InChI is InChI=1S/C23H18ClF2N.C2H3F3O2S/c1-14-5-7-15(8-6-14)16-9-11-17(12-10-16)21-13-18(24)23(27-21)22-19(25)3-2-4-20(22)26;1-8(6,7)2(3,4)5/h2-12,18,21H,13H2,1H3;1H3/t18?,21-;/m1./s1. The zero-order valence-corrected chi connectivity index (χ0v) is 20.2. The van der Waals surface area contributed by atoms with Gasteiger partial charge in [-0.1, -0.05) is 60.2 Å². The van der Waals surface area contributed by atoms with Crippen molar-refractivity contribution < 1.29 is 30.4 Å². The SMILES string of the molecule is CS(=O)(=O)C(F)(F)F.Cc1ccc(-c2ccc([C@H]3CC(Cl)C(c4c(F)cccc4F)=N3)cc2)cc1. The number of hydrogen-bond acceptors (Lipinski definition) is 3. The van der Waals surface area contributed by atoms with Gasteiger partial charge in [-0.3, -0.25) is 4.99 Å². The number of aliphatic imine (C=N–C) groups is 1. The molecule has 0 radical (unpaired) electrons. The Morgan fingerprint density at radius 2 is 1.34 bits per heavy atom. The highest BCUT2D eigenvalue weighted by Crippen LogP contribution is 2.36. The van der Waals surface area contributed by atoms with Gasteiger partial charge in [0.1, 0.15) is 11.6 Å². The van der Waals surface area contributed by atoms with Gasteiger partial charge in [0.2, 0.25) is 9.84 Å². The molecule has 0 fully saturated rings. The molecule has 0 aliphatic carbocycles. The predicted molar refractivity (Wildman–Crippen MR) is 127 cm³/mol. The van der Waals surface area contributed by atoms with E-state index in [2.05, 4.69) is 36.2 Å². The van der Waals surface area contributed by atoms with Gasteiger partial charge in [-0.15, -0.1) is 11.6 Å². The molecule has 1 heterocycles. The van der Waals surface area contributed by atoms with Gasteiger partial charge in [-0.25, -0.2) is 17.2 Å². The van der Waals surface area contributed by atoms with E-state index in [1.165, 1.54) is 23.8 Å². The van der Waals surface area contributed by atoms with Crippen molar-refractivity contribution in [3.8, 4) is 11.1 Å². The molecule has 10 heteroatoms. The van der Waals surface area contributed by atoms with Crippen LogP contribution in [-0.4, -0.2) is 31.3 Å². The van der Waals surface area contributed by atoms with E-state index >= 15 is 0 Å². The van der Waals surface area contributed by atoms with Crippen molar-refractivity contribution in [2.45, 2.75) is 30.3 Å². The molecule has 0 aromatic heterocycles. The number of aryl methyl sites for hydroxylation is 1. The number of hydrogen-bond donors (Lipinski definition) is 0. The maximum absolute atomic E-state index is 14.1. The summed E-state index contributed by atoms with van der Waals surface area (Å²) in [5, 5.41) is -0.516. The molecule has 35 heavy (non-hydrogen) atoms. The number of rotatable bonds is 3. The average molecular weight is 530 g/mol. The topological polar surface area (TPSA) is 46.5 Å². The largest absolute Gasteiger partial charge is 0.497 e. The lowest BCUT2D eigenvalue weighted by atomic mass is 9.98. The van der Waals surface area contributed by atoms with Crippen molar-refractivity contribution in [2.24, 2.45) is 4.99 Å². The van der Waals surface area contributed by atoms with E-state index in [1.54, 1.807) is 0 Å². The van der Waals surface area contributed by atoms with E-state index in [-0.39, 0.29) is 17.9 Å². The van der Waals surface area contributed by atoms with E-state index in [0.717, 1.165) is 16.7 Å². The molecule has 186 valence electrons. The van der Waals surface area contributed by atoms with E-state index in [1.807, 2.05) is 24.3 Å². The summed E-state index contributed by atoms with van der Waals surface area (Å²) >= 11 is 6.38. The summed E-state index contributed by atoms with van der Waals surface area (Å²) in [6.45, 7) is 2.06. The third-order valence-corrected chi connectivity index (χ3v) is 6.57. The maximum Gasteiger partial charge on any atom is 0.497 e. The van der Waals surface area contributed by atoms with Crippen LogP contribution in [0, 0.1) is 18.6 Å². The average Bonchev–Trinajstić information content (AvgIpc) is 3.15. The predicted octanol–water partition coefficient (Wildman–Crippen LogP) is 7.03. The van der Waals surface area contributed by atoms with Gasteiger partial charge in [0, 0.05) is 6.26 Å². The van der Waals surface area contributed by atoms with Gasteiger partial charge in [-0.2, -0.15) is 13.2 Å². The van der Waals surface area contributed by atoms with Gasteiger partial charge < -0.3 is 0 Å². The molecule has 0 saturated carbocycles. The molecule has 1 unspecified atom stereocenters. The first-order valence-electron chi connectivity index (χ1n) is 10.4. The Bertz CT molecular complexity index is 1300. The Morgan fingerprint density at radius 3 is 1.80 bits per heavy atom. The fourth-order valence-corrected chi connectivity index (χ4v) is 3.76. The third-order valence-electron chi connectivity index (χ3n) is 5.34. The molecular formula is C25H21ClF5NO2S. The molecule has 0 amide bonds. The highest BCUT2D eigenvalue weighted by molar-refractivity contribution is 7.91. The normalized spacial score (nSPS) is 18.0. The Kier molecular flexibility index (Phi) is 8.01. The zero-order chi connectivity index (χ0) is 26.0. The second kappa shape index (κ2) is 10.5. The minimum absolute atomic E-state index is 0.115. The number of alkyl halides is 4. The molecule has 3 aromatic rings. The van der Waals surface area contributed by atoms with Crippen LogP contribution in [0.4, 0.5) is 22.0 Å². The fourth-order valence-electron chi connectivity index (χ4n) is 3.43. The molecular weight excluding hydrogens is 509 g/mol. The van der Waals surface area contributed by atoms with Crippen molar-refractivity contribution in [1.29, 1.82) is 0 Å². The first-order valence-corrected chi connectivity index (χ1v) is 12.7. The van der Waals surface area contributed by atoms with Gasteiger partial charge >= 0.3 is 5.51 Å². The van der Waals surface area contributed by atoms with Crippen LogP contribution in [0.1, 0.15) is 29.2 Å². The van der Waals surface area contributed by atoms with Crippen LogP contribution in [0.3, 0.4) is 0 Å². The molecule has 0 spiro atoms. The molecule has 1 aliphatic rings. The van der Waals surface area contributed by atoms with Crippen molar-refractivity contribution in [2.75, 3.05) is 6.26 Å². The quantitative estimate of drug-likeness (QED) is 0.270. The molecule has 4 rings (SSSR count). The lowest BCUT2D eigenvalue weighted by molar-refractivity contribution is -0.0429. The summed E-state index contributed by atoms with van der Waals surface area (Å²) in [5.74, 6) is -1.26. The summed E-state index contributed by atoms with van der Waals surface area (Å²) in [6.07, 6.45) is 0.640. The molecule has 3 aromatic carbocycles. The van der Waals surface area contributed by atoms with Crippen LogP contribution in [-0.2, 0) is 9.84 Å². The first kappa shape index (κ1) is 26.8. The lowest BCUT2D eigenvalue weighted by Crippen LogP contribution is -2.20. The third kappa shape index (κ3) is 6.46. The van der Waals surface area contributed by atoms with Crippen LogP contribution in [0.15, 0.2) is 71.7 Å². The highest BCUT2D eigenvalue weighted by Gasteiger charge is 2.41. The van der Waals surface area contributed by atoms with E-state index in [0.29, 0.717) is 12.1 Å². The zero-order valence-electron chi connectivity index (χ0n) is 18.7. The summed E-state index contributed by atoms with van der Waals surface area (Å²) in [5.41, 5.74) is -0.446. The summed E-state index contributed by atoms with van der Waals surface area (Å²) < 4.78 is 80.2. The van der Waals surface area contributed by atoms with Crippen molar-refractivity contribution in [3.63, 3.8) is 0 Å². The summed E-state index contributed by atoms with van der Waals surface area (Å²) in [4.78, 5) is 4.55. The first-order chi connectivity index (χ1) is 16.3. The van der Waals surface area contributed by atoms with Gasteiger partial charge in [0.25, 0.3) is 0 Å². The van der Waals surface area contributed by atoms with E-state index in [9.17, 15) is 30.4 Å². The Balaban J connectivity index is 0.000000371. The van der Waals surface area contributed by atoms with Crippen molar-refractivity contribution in [3.05, 3.63) is 95.1 Å². The minimum Gasteiger partial charge on any atom is -0.279 e. The molecule has 3 nitrogen and oxygen atoms in total. The van der Waals surface area contributed by atoms with Crippen LogP contribution in [0.5, 0.6) is 0 Å². The van der Waals surface area contributed by atoms with Crippen LogP contribution >= 0.6 is 11.6 Å². The lowest BCUT2D eigenvalue weighted by Gasteiger charge is -2.09.